The smallest absolute Gasteiger partial charge is 0.416 e. The van der Waals surface area contributed by atoms with E-state index < -0.39 is 87.6 Å². The molecule has 0 radical (unpaired) electrons. The van der Waals surface area contributed by atoms with Gasteiger partial charge in [0.05, 0.1) is 41.2 Å². The van der Waals surface area contributed by atoms with Crippen LogP contribution in [0.2, 0.25) is 0 Å². The molecule has 1 aliphatic heterocycles. The van der Waals surface area contributed by atoms with E-state index in [9.17, 15) is 41.0 Å². The molecule has 0 aromatic heterocycles. The number of halogens is 6. The van der Waals surface area contributed by atoms with Gasteiger partial charge in [0.25, 0.3) is 0 Å². The molecule has 4 aromatic rings. The summed E-state index contributed by atoms with van der Waals surface area (Å²) in [4.78, 5) is 59.2. The summed E-state index contributed by atoms with van der Waals surface area (Å²) in [6, 6.07) is 22.0. The fraction of sp³-hybridized carbons (Fsp3) is 0.256. The predicted molar refractivity (Wildman–Crippen MR) is 190 cm³/mol. The van der Waals surface area contributed by atoms with Gasteiger partial charge in [0.15, 0.2) is 11.6 Å². The van der Waals surface area contributed by atoms with Crippen molar-refractivity contribution in [2.24, 2.45) is 23.7 Å². The SMILES string of the molecule is COc1ccc(O)c(C2C3=CCC4C(=O)N(c5cc(C(F)(F)F)cc(C(F)(F)F)c5)C(=O)C4C3CC3C(=O)C(c4ccccc4)=CC(=O)C32c2ccccc2)c1. The number of alkyl halides is 6. The standard InChI is InChI=1S/C43H31F6NO6/c1-56-27-12-15-34(51)32(19-27)37-28-13-14-29-36(40(55)50(39(29)54)26-17-24(42(44,45)46)16-25(18-26)43(47,48)49)31(28)20-33-38(53)30(22-8-4-2-5-9-22)21-35(52)41(33,37)23-10-6-3-7-11-23/h2-13,15-19,21,29,31,33,36-37,51H,14,20H2,1H3. The van der Waals surface area contributed by atoms with Gasteiger partial charge >= 0.3 is 12.4 Å². The Morgan fingerprint density at radius 3 is 2.00 bits per heavy atom. The van der Waals surface area contributed by atoms with Crippen molar-refractivity contribution in [3.05, 3.63) is 143 Å². The van der Waals surface area contributed by atoms with E-state index in [1.807, 2.05) is 0 Å². The lowest BCUT2D eigenvalue weighted by Crippen LogP contribution is -2.58. The molecule has 0 bridgehead atoms. The summed E-state index contributed by atoms with van der Waals surface area (Å²) in [6.45, 7) is 0. The number of phenols is 1. The van der Waals surface area contributed by atoms with Crippen molar-refractivity contribution >= 4 is 34.6 Å². The average Bonchev–Trinajstić information content (AvgIpc) is 3.44. The Hall–Kier alpha value is -5.98. The van der Waals surface area contributed by atoms with Crippen LogP contribution in [0.5, 0.6) is 11.5 Å². The van der Waals surface area contributed by atoms with E-state index in [0.29, 0.717) is 39.5 Å². The zero-order chi connectivity index (χ0) is 39.9. The minimum atomic E-state index is -5.24. The molecule has 13 heteroatoms. The molecule has 0 spiro atoms. The summed E-state index contributed by atoms with van der Waals surface area (Å²) >= 11 is 0. The monoisotopic (exact) mass is 771 g/mol. The first-order chi connectivity index (χ1) is 26.6. The predicted octanol–water partition coefficient (Wildman–Crippen LogP) is 8.47. The molecule has 8 rings (SSSR count). The Morgan fingerprint density at radius 1 is 0.768 bits per heavy atom. The van der Waals surface area contributed by atoms with Crippen molar-refractivity contribution < 1.29 is 55.4 Å². The number of carbonyl (C=O) groups excluding carboxylic acids is 4. The topological polar surface area (TPSA) is 101 Å². The summed E-state index contributed by atoms with van der Waals surface area (Å²) in [5, 5.41) is 11.6. The molecule has 2 fully saturated rings. The minimum Gasteiger partial charge on any atom is -0.508 e. The number of phenolic OH excluding ortho intramolecular Hbond substituents is 1. The van der Waals surface area contributed by atoms with Gasteiger partial charge in [-0.05, 0) is 72.4 Å². The first-order valence-corrected chi connectivity index (χ1v) is 17.7. The lowest BCUT2D eigenvalue weighted by molar-refractivity contribution is -0.143. The number of hydrogen-bond acceptors (Lipinski definition) is 6. The van der Waals surface area contributed by atoms with Crippen LogP contribution in [0.3, 0.4) is 0 Å². The van der Waals surface area contributed by atoms with Crippen LogP contribution < -0.4 is 9.64 Å². The lowest BCUT2D eigenvalue weighted by atomic mass is 9.44. The van der Waals surface area contributed by atoms with Crippen molar-refractivity contribution in [1.29, 1.82) is 0 Å². The molecule has 1 N–H and O–H groups in total. The maximum absolute atomic E-state index is 15.1. The second kappa shape index (κ2) is 13.1. The number of benzene rings is 4. The van der Waals surface area contributed by atoms with E-state index >= 15 is 9.59 Å². The number of anilines is 1. The van der Waals surface area contributed by atoms with Crippen LogP contribution in [0, 0.1) is 23.7 Å². The number of allylic oxidation sites excluding steroid dienone is 4. The third-order valence-corrected chi connectivity index (χ3v) is 11.8. The third-order valence-electron chi connectivity index (χ3n) is 11.8. The fourth-order valence-corrected chi connectivity index (χ4v) is 9.43. The number of ether oxygens (including phenoxy) is 1. The highest BCUT2D eigenvalue weighted by molar-refractivity contribution is 6.32. The molecule has 4 aromatic carbocycles. The largest absolute Gasteiger partial charge is 0.508 e. The van der Waals surface area contributed by atoms with Crippen LogP contribution in [0.15, 0.2) is 115 Å². The number of hydrogen-bond donors (Lipinski definition) is 1. The van der Waals surface area contributed by atoms with Crippen LogP contribution in [-0.4, -0.2) is 35.6 Å². The van der Waals surface area contributed by atoms with E-state index in [2.05, 4.69) is 0 Å². The normalized spacial score (nSPS) is 26.3. The molecule has 4 aliphatic rings. The van der Waals surface area contributed by atoms with Gasteiger partial charge in [0, 0.05) is 23.0 Å². The molecule has 6 unspecified atom stereocenters. The van der Waals surface area contributed by atoms with Crippen LogP contribution in [0.4, 0.5) is 32.0 Å². The molecule has 56 heavy (non-hydrogen) atoms. The molecule has 3 aliphatic carbocycles. The van der Waals surface area contributed by atoms with Crippen LogP contribution in [0.1, 0.15) is 46.6 Å². The minimum absolute atomic E-state index is 0.0831. The average molecular weight is 772 g/mol. The zero-order valence-electron chi connectivity index (χ0n) is 29.4. The lowest BCUT2D eigenvalue weighted by Gasteiger charge is -2.55. The molecular formula is C43H31F6NO6. The number of rotatable bonds is 5. The summed E-state index contributed by atoms with van der Waals surface area (Å²) < 4.78 is 89.1. The molecular weight excluding hydrogens is 740 g/mol. The van der Waals surface area contributed by atoms with E-state index in [1.165, 1.54) is 31.4 Å². The number of aromatic hydroxyl groups is 1. The Balaban J connectivity index is 1.35. The summed E-state index contributed by atoms with van der Waals surface area (Å²) in [6.07, 6.45) is -7.86. The molecule has 286 valence electrons. The molecule has 7 nitrogen and oxygen atoms in total. The first kappa shape index (κ1) is 37.0. The van der Waals surface area contributed by atoms with Crippen LogP contribution in [-0.2, 0) is 36.9 Å². The number of fused-ring (bicyclic) bond motifs is 4. The number of nitrogens with zero attached hydrogens (tertiary/aromatic N) is 1. The molecule has 1 saturated carbocycles. The van der Waals surface area contributed by atoms with Crippen molar-refractivity contribution in [3.8, 4) is 11.5 Å². The highest BCUT2D eigenvalue weighted by Crippen LogP contribution is 2.64. The number of Topliss-reactive ketones (excluding diaryl/α,β-unsaturated/α-hetero) is 1. The summed E-state index contributed by atoms with van der Waals surface area (Å²) in [5.74, 6) is -8.78. The Labute approximate surface area is 315 Å². The Bertz CT molecular complexity index is 2340. The fourth-order valence-electron chi connectivity index (χ4n) is 9.43. The molecule has 1 saturated heterocycles. The van der Waals surface area contributed by atoms with Crippen molar-refractivity contribution in [3.63, 3.8) is 0 Å². The van der Waals surface area contributed by atoms with Crippen LogP contribution in [0.25, 0.3) is 5.57 Å². The quantitative estimate of drug-likeness (QED) is 0.124. The maximum atomic E-state index is 15.1. The van der Waals surface area contributed by atoms with E-state index in [4.69, 9.17) is 4.74 Å². The summed E-state index contributed by atoms with van der Waals surface area (Å²) in [5.41, 5.74) is -4.35. The van der Waals surface area contributed by atoms with Gasteiger partial charge < -0.3 is 9.84 Å². The maximum Gasteiger partial charge on any atom is 0.416 e. The highest BCUT2D eigenvalue weighted by Gasteiger charge is 2.66. The van der Waals surface area contributed by atoms with Crippen molar-refractivity contribution in [2.75, 3.05) is 12.0 Å². The van der Waals surface area contributed by atoms with Gasteiger partial charge in [-0.1, -0.05) is 72.3 Å². The van der Waals surface area contributed by atoms with Gasteiger partial charge in [-0.15, -0.1) is 0 Å². The summed E-state index contributed by atoms with van der Waals surface area (Å²) in [7, 11) is 1.40. The number of amides is 2. The van der Waals surface area contributed by atoms with Gasteiger partial charge in [-0.3, -0.25) is 19.2 Å². The molecule has 1 heterocycles. The second-order valence-corrected chi connectivity index (χ2v) is 14.5. The Kier molecular flexibility index (Phi) is 8.62. The zero-order valence-corrected chi connectivity index (χ0v) is 29.4. The van der Waals surface area contributed by atoms with Crippen LogP contribution >= 0.6 is 0 Å². The van der Waals surface area contributed by atoms with E-state index in [0.717, 1.165) is 0 Å². The van der Waals surface area contributed by atoms with Crippen molar-refractivity contribution in [2.45, 2.75) is 36.5 Å². The molecule has 2 amide bonds. The van der Waals surface area contributed by atoms with E-state index in [1.54, 1.807) is 66.7 Å². The number of carbonyl (C=O) groups is 4. The Morgan fingerprint density at radius 2 is 1.39 bits per heavy atom. The number of ketones is 2. The van der Waals surface area contributed by atoms with E-state index in [-0.39, 0.29) is 35.8 Å². The second-order valence-electron chi connectivity index (χ2n) is 14.5. The number of methoxy groups -OCH3 is 1. The van der Waals surface area contributed by atoms with Gasteiger partial charge in [0.2, 0.25) is 11.8 Å². The highest BCUT2D eigenvalue weighted by atomic mass is 19.4. The molecule has 6 atom stereocenters. The van der Waals surface area contributed by atoms with Crippen molar-refractivity contribution in [1.82, 2.24) is 0 Å². The van der Waals surface area contributed by atoms with Gasteiger partial charge in [-0.25, -0.2) is 4.90 Å². The van der Waals surface area contributed by atoms with Gasteiger partial charge in [0.1, 0.15) is 11.5 Å². The van der Waals surface area contributed by atoms with Gasteiger partial charge in [-0.2, -0.15) is 26.3 Å². The third kappa shape index (κ3) is 5.57. The first-order valence-electron chi connectivity index (χ1n) is 17.7. The number of imide groups is 1.